The Morgan fingerprint density at radius 2 is 2.11 bits per heavy atom. The van der Waals surface area contributed by atoms with Crippen LogP contribution in [0.3, 0.4) is 0 Å². The van der Waals surface area contributed by atoms with E-state index in [2.05, 4.69) is 10.4 Å². The Morgan fingerprint density at radius 1 is 1.32 bits per heavy atom. The van der Waals surface area contributed by atoms with E-state index < -0.39 is 0 Å². The van der Waals surface area contributed by atoms with Gasteiger partial charge in [0, 0.05) is 25.5 Å². The maximum atomic E-state index is 12.1. The summed E-state index contributed by atoms with van der Waals surface area (Å²) < 4.78 is 1.78. The van der Waals surface area contributed by atoms with E-state index in [1.807, 2.05) is 42.6 Å². The molecule has 100 valence electrons. The van der Waals surface area contributed by atoms with Gasteiger partial charge in [0.15, 0.2) is 0 Å². The molecule has 0 fully saturated rings. The van der Waals surface area contributed by atoms with E-state index in [9.17, 15) is 4.79 Å². The van der Waals surface area contributed by atoms with Crippen LogP contribution in [0.2, 0.25) is 0 Å². The van der Waals surface area contributed by atoms with Crippen molar-refractivity contribution in [3.63, 3.8) is 0 Å². The van der Waals surface area contributed by atoms with Crippen LogP contribution in [0.25, 0.3) is 0 Å². The zero-order valence-electron chi connectivity index (χ0n) is 10.7. The molecule has 1 unspecified atom stereocenters. The number of hydrogen-bond acceptors (Lipinski definition) is 3. The number of hydrogen-bond donors (Lipinski definition) is 2. The van der Waals surface area contributed by atoms with Gasteiger partial charge in [-0.05, 0) is 11.6 Å². The minimum atomic E-state index is -0.293. The van der Waals surface area contributed by atoms with E-state index in [4.69, 9.17) is 5.73 Å². The van der Waals surface area contributed by atoms with Crippen LogP contribution in [0.4, 0.5) is 0 Å². The fourth-order valence-electron chi connectivity index (χ4n) is 1.93. The first kappa shape index (κ1) is 13.3. The number of amides is 1. The third-order valence-corrected chi connectivity index (χ3v) is 2.95. The van der Waals surface area contributed by atoms with E-state index in [-0.39, 0.29) is 11.8 Å². The molecule has 0 aliphatic carbocycles. The zero-order chi connectivity index (χ0) is 13.5. The van der Waals surface area contributed by atoms with Crippen LogP contribution in [-0.2, 0) is 11.3 Å². The second kappa shape index (κ2) is 6.70. The lowest BCUT2D eigenvalue weighted by Crippen LogP contribution is -2.35. The average Bonchev–Trinajstić information content (AvgIpc) is 2.94. The van der Waals surface area contributed by atoms with Crippen molar-refractivity contribution in [1.29, 1.82) is 0 Å². The van der Waals surface area contributed by atoms with Crippen molar-refractivity contribution in [2.45, 2.75) is 12.5 Å². The van der Waals surface area contributed by atoms with E-state index in [1.54, 1.807) is 10.9 Å². The number of carbonyl (C=O) groups excluding carboxylic acids is 1. The third kappa shape index (κ3) is 3.66. The molecule has 0 spiro atoms. The van der Waals surface area contributed by atoms with Crippen molar-refractivity contribution < 1.29 is 4.79 Å². The fourth-order valence-corrected chi connectivity index (χ4v) is 1.93. The van der Waals surface area contributed by atoms with Crippen molar-refractivity contribution >= 4 is 5.91 Å². The number of carbonyl (C=O) groups is 1. The van der Waals surface area contributed by atoms with Gasteiger partial charge in [-0.15, -0.1) is 0 Å². The Balaban J connectivity index is 1.87. The summed E-state index contributed by atoms with van der Waals surface area (Å²) >= 11 is 0. The van der Waals surface area contributed by atoms with Crippen LogP contribution in [0.1, 0.15) is 11.5 Å². The van der Waals surface area contributed by atoms with E-state index in [1.165, 1.54) is 0 Å². The highest BCUT2D eigenvalue weighted by atomic mass is 16.1. The van der Waals surface area contributed by atoms with Crippen molar-refractivity contribution in [2.24, 2.45) is 5.73 Å². The van der Waals surface area contributed by atoms with Crippen LogP contribution < -0.4 is 11.1 Å². The summed E-state index contributed by atoms with van der Waals surface area (Å²) in [6.45, 7) is 1.51. The molecule has 1 aromatic heterocycles. The molecule has 0 saturated heterocycles. The number of rotatable bonds is 6. The van der Waals surface area contributed by atoms with Gasteiger partial charge in [-0.25, -0.2) is 0 Å². The van der Waals surface area contributed by atoms with Gasteiger partial charge >= 0.3 is 0 Å². The van der Waals surface area contributed by atoms with Gasteiger partial charge in [0.05, 0.1) is 12.5 Å². The minimum absolute atomic E-state index is 0.0409. The number of nitrogens with two attached hydrogens (primary N) is 1. The van der Waals surface area contributed by atoms with Crippen LogP contribution in [0.5, 0.6) is 0 Å². The van der Waals surface area contributed by atoms with Crippen molar-refractivity contribution in [3.05, 3.63) is 54.4 Å². The van der Waals surface area contributed by atoms with Gasteiger partial charge in [0.1, 0.15) is 0 Å². The summed E-state index contributed by atoms with van der Waals surface area (Å²) in [5, 5.41) is 6.97. The summed E-state index contributed by atoms with van der Waals surface area (Å²) in [6, 6.07) is 11.4. The Morgan fingerprint density at radius 3 is 2.74 bits per heavy atom. The smallest absolute Gasteiger partial charge is 0.228 e. The molecule has 2 aromatic rings. The Bertz CT molecular complexity index is 495. The quantitative estimate of drug-likeness (QED) is 0.802. The van der Waals surface area contributed by atoms with Gasteiger partial charge in [0.2, 0.25) is 5.91 Å². The lowest BCUT2D eigenvalue weighted by atomic mass is 9.98. The van der Waals surface area contributed by atoms with Crippen LogP contribution in [0.15, 0.2) is 48.8 Å². The Hall–Kier alpha value is -2.14. The Labute approximate surface area is 112 Å². The molecule has 0 saturated carbocycles. The molecule has 1 heterocycles. The molecule has 5 heteroatoms. The molecule has 0 aliphatic rings. The van der Waals surface area contributed by atoms with Gasteiger partial charge in [-0.2, -0.15) is 5.10 Å². The second-order valence-corrected chi connectivity index (χ2v) is 4.26. The minimum Gasteiger partial charge on any atom is -0.354 e. The highest BCUT2D eigenvalue weighted by Gasteiger charge is 2.17. The molecule has 1 aromatic carbocycles. The lowest BCUT2D eigenvalue weighted by molar-refractivity contribution is -0.122. The Kier molecular flexibility index (Phi) is 4.69. The molecule has 1 atom stereocenters. The summed E-state index contributed by atoms with van der Waals surface area (Å²) in [6.07, 6.45) is 3.58. The number of benzene rings is 1. The van der Waals surface area contributed by atoms with Crippen molar-refractivity contribution in [3.8, 4) is 0 Å². The molecular weight excluding hydrogens is 240 g/mol. The first-order valence-electron chi connectivity index (χ1n) is 6.31. The molecule has 0 radical (unpaired) electrons. The average molecular weight is 258 g/mol. The van der Waals surface area contributed by atoms with Gasteiger partial charge in [-0.1, -0.05) is 30.3 Å². The van der Waals surface area contributed by atoms with Crippen LogP contribution >= 0.6 is 0 Å². The maximum Gasteiger partial charge on any atom is 0.228 e. The van der Waals surface area contributed by atoms with E-state index >= 15 is 0 Å². The largest absolute Gasteiger partial charge is 0.354 e. The molecule has 5 nitrogen and oxygen atoms in total. The highest BCUT2D eigenvalue weighted by molar-refractivity contribution is 5.83. The van der Waals surface area contributed by atoms with Gasteiger partial charge < -0.3 is 11.1 Å². The predicted molar refractivity (Wildman–Crippen MR) is 73.5 cm³/mol. The van der Waals surface area contributed by atoms with E-state index in [0.29, 0.717) is 19.6 Å². The summed E-state index contributed by atoms with van der Waals surface area (Å²) in [4.78, 5) is 12.1. The number of nitrogens with one attached hydrogen (secondary N) is 1. The first-order chi connectivity index (χ1) is 9.31. The zero-order valence-corrected chi connectivity index (χ0v) is 10.7. The van der Waals surface area contributed by atoms with Gasteiger partial charge in [-0.3, -0.25) is 9.48 Å². The summed E-state index contributed by atoms with van der Waals surface area (Å²) in [7, 11) is 0. The topological polar surface area (TPSA) is 72.9 Å². The molecule has 1 amide bonds. The van der Waals surface area contributed by atoms with Crippen LogP contribution in [-0.4, -0.2) is 28.8 Å². The maximum absolute atomic E-state index is 12.1. The first-order valence-corrected chi connectivity index (χ1v) is 6.31. The third-order valence-electron chi connectivity index (χ3n) is 2.95. The fraction of sp³-hybridized carbons (Fsp3) is 0.286. The summed E-state index contributed by atoms with van der Waals surface area (Å²) in [5.41, 5.74) is 6.64. The molecule has 0 aliphatic heterocycles. The molecular formula is C14H18N4O. The summed E-state index contributed by atoms with van der Waals surface area (Å²) in [5.74, 6) is -0.334. The van der Waals surface area contributed by atoms with Crippen LogP contribution in [0, 0.1) is 0 Å². The van der Waals surface area contributed by atoms with Gasteiger partial charge in [0.25, 0.3) is 0 Å². The van der Waals surface area contributed by atoms with Crippen molar-refractivity contribution in [2.75, 3.05) is 13.1 Å². The SMILES string of the molecule is NCC(C(=O)NCCn1cccn1)c1ccccc1. The van der Waals surface area contributed by atoms with Crippen molar-refractivity contribution in [1.82, 2.24) is 15.1 Å². The highest BCUT2D eigenvalue weighted by Crippen LogP contribution is 2.13. The molecule has 2 rings (SSSR count). The lowest BCUT2D eigenvalue weighted by Gasteiger charge is -2.15. The predicted octanol–water partition coefficient (Wildman–Crippen LogP) is 0.742. The number of aromatic nitrogens is 2. The second-order valence-electron chi connectivity index (χ2n) is 4.26. The molecule has 0 bridgehead atoms. The normalized spacial score (nSPS) is 12.1. The molecule has 3 N–H and O–H groups in total. The monoisotopic (exact) mass is 258 g/mol. The number of nitrogens with zero attached hydrogens (tertiary/aromatic N) is 2. The molecule has 19 heavy (non-hydrogen) atoms. The van der Waals surface area contributed by atoms with E-state index in [0.717, 1.165) is 5.56 Å². The standard InChI is InChI=1S/C14H18N4O/c15-11-13(12-5-2-1-3-6-12)14(19)16-8-10-18-9-4-7-17-18/h1-7,9,13H,8,10-11,15H2,(H,16,19).